The van der Waals surface area contributed by atoms with Crippen molar-refractivity contribution in [1.82, 2.24) is 5.43 Å². The van der Waals surface area contributed by atoms with E-state index in [1.807, 2.05) is 31.2 Å². The van der Waals surface area contributed by atoms with E-state index < -0.39 is 10.8 Å². The molecule has 0 aliphatic heterocycles. The van der Waals surface area contributed by atoms with Crippen molar-refractivity contribution < 1.29 is 23.9 Å². The average Bonchev–Trinajstić information content (AvgIpc) is 2.92. The molecule has 0 saturated heterocycles. The lowest BCUT2D eigenvalue weighted by atomic mass is 10.1. The van der Waals surface area contributed by atoms with E-state index in [1.54, 1.807) is 18.2 Å². The smallest absolute Gasteiger partial charge is 0.275 e. The highest BCUT2D eigenvalue weighted by Gasteiger charge is 2.17. The van der Waals surface area contributed by atoms with Gasteiger partial charge in [0.2, 0.25) is 0 Å². The van der Waals surface area contributed by atoms with Gasteiger partial charge in [0, 0.05) is 12.1 Å². The minimum Gasteiger partial charge on any atom is -0.496 e. The zero-order chi connectivity index (χ0) is 26.2. The number of benzene rings is 4. The number of nitrogens with zero attached hydrogens (tertiary/aromatic N) is 2. The summed E-state index contributed by atoms with van der Waals surface area (Å²) in [5.41, 5.74) is 3.87. The van der Waals surface area contributed by atoms with Gasteiger partial charge in [0.1, 0.15) is 12.4 Å². The van der Waals surface area contributed by atoms with Gasteiger partial charge in [-0.15, -0.1) is 0 Å². The second-order valence-corrected chi connectivity index (χ2v) is 7.91. The number of nitro groups is 1. The number of fused-ring (bicyclic) bond motifs is 1. The molecule has 0 spiro atoms. The summed E-state index contributed by atoms with van der Waals surface area (Å²) in [5, 5.41) is 17.3. The number of hydrogen-bond donors (Lipinski definition) is 1. The maximum Gasteiger partial charge on any atom is 0.275 e. The van der Waals surface area contributed by atoms with Crippen LogP contribution in [0.15, 0.2) is 84.0 Å². The molecular weight excluding hydrogens is 474 g/mol. The molecule has 0 bridgehead atoms. The number of hydrogen-bond acceptors (Lipinski definition) is 7. The maximum atomic E-state index is 12.6. The highest BCUT2D eigenvalue weighted by molar-refractivity contribution is 5.98. The molecule has 0 atom stereocenters. The molecule has 0 aromatic heterocycles. The Hall–Kier alpha value is -4.92. The molecule has 188 valence electrons. The Morgan fingerprint density at radius 3 is 2.54 bits per heavy atom. The first-order valence-electron chi connectivity index (χ1n) is 11.5. The fourth-order valence-electron chi connectivity index (χ4n) is 3.78. The van der Waals surface area contributed by atoms with Gasteiger partial charge in [-0.05, 0) is 53.1 Å². The molecule has 9 heteroatoms. The predicted octanol–water partition coefficient (Wildman–Crippen LogP) is 5.50. The molecule has 1 amide bonds. The number of rotatable bonds is 10. The van der Waals surface area contributed by atoms with E-state index in [2.05, 4.69) is 28.7 Å². The SMILES string of the molecule is CCOc1cc(/C=N\NC(=O)c2cc([N+](=O)[O-])ccc2OC)ccc1OCc1cccc2ccccc12. The van der Waals surface area contributed by atoms with Crippen LogP contribution in [0.5, 0.6) is 17.2 Å². The van der Waals surface area contributed by atoms with E-state index in [0.29, 0.717) is 30.3 Å². The second kappa shape index (κ2) is 11.7. The van der Waals surface area contributed by atoms with E-state index >= 15 is 0 Å². The summed E-state index contributed by atoms with van der Waals surface area (Å²) < 4.78 is 17.0. The second-order valence-electron chi connectivity index (χ2n) is 7.91. The number of non-ortho nitro benzene ring substituents is 1. The Morgan fingerprint density at radius 1 is 0.973 bits per heavy atom. The van der Waals surface area contributed by atoms with Gasteiger partial charge in [-0.2, -0.15) is 5.10 Å². The first-order valence-corrected chi connectivity index (χ1v) is 11.5. The van der Waals surface area contributed by atoms with Crippen LogP contribution < -0.4 is 19.6 Å². The van der Waals surface area contributed by atoms with Crippen molar-refractivity contribution in [1.29, 1.82) is 0 Å². The first kappa shape index (κ1) is 25.2. The molecule has 1 N–H and O–H groups in total. The van der Waals surface area contributed by atoms with Crippen molar-refractivity contribution in [3.63, 3.8) is 0 Å². The monoisotopic (exact) mass is 499 g/mol. The van der Waals surface area contributed by atoms with Gasteiger partial charge in [-0.25, -0.2) is 5.43 Å². The number of ether oxygens (including phenoxy) is 3. The Kier molecular flexibility index (Phi) is 7.95. The zero-order valence-corrected chi connectivity index (χ0v) is 20.3. The molecule has 0 fully saturated rings. The van der Waals surface area contributed by atoms with Crippen LogP contribution in [-0.4, -0.2) is 30.8 Å². The van der Waals surface area contributed by atoms with Crippen LogP contribution in [0.1, 0.15) is 28.4 Å². The van der Waals surface area contributed by atoms with Crippen molar-refractivity contribution in [2.75, 3.05) is 13.7 Å². The van der Waals surface area contributed by atoms with Gasteiger partial charge in [0.15, 0.2) is 11.5 Å². The fraction of sp³-hybridized carbons (Fsp3) is 0.143. The van der Waals surface area contributed by atoms with Gasteiger partial charge in [-0.3, -0.25) is 14.9 Å². The lowest BCUT2D eigenvalue weighted by Gasteiger charge is -2.13. The van der Waals surface area contributed by atoms with Crippen LogP contribution in [-0.2, 0) is 6.61 Å². The van der Waals surface area contributed by atoms with Crippen LogP contribution in [0.25, 0.3) is 10.8 Å². The van der Waals surface area contributed by atoms with E-state index in [1.165, 1.54) is 25.5 Å². The summed E-state index contributed by atoms with van der Waals surface area (Å²) in [6, 6.07) is 23.3. The first-order chi connectivity index (χ1) is 18.0. The number of nitro benzene ring substituents is 1. The van der Waals surface area contributed by atoms with Crippen LogP contribution in [0, 0.1) is 10.1 Å². The molecular formula is C28H25N3O6. The molecule has 0 unspecified atom stereocenters. The van der Waals surface area contributed by atoms with E-state index in [9.17, 15) is 14.9 Å². The molecule has 37 heavy (non-hydrogen) atoms. The van der Waals surface area contributed by atoms with Crippen molar-refractivity contribution >= 4 is 28.6 Å². The molecule has 0 aliphatic rings. The minimum atomic E-state index is -0.642. The summed E-state index contributed by atoms with van der Waals surface area (Å²) in [5.74, 6) is 0.678. The van der Waals surface area contributed by atoms with Crippen molar-refractivity contribution in [3.05, 3.63) is 106 Å². The third-order valence-corrected chi connectivity index (χ3v) is 5.55. The molecule has 4 aromatic rings. The van der Waals surface area contributed by atoms with Crippen LogP contribution >= 0.6 is 0 Å². The number of methoxy groups -OCH3 is 1. The summed E-state index contributed by atoms with van der Waals surface area (Å²) in [4.78, 5) is 23.0. The van der Waals surface area contributed by atoms with Crippen LogP contribution in [0.4, 0.5) is 5.69 Å². The minimum absolute atomic E-state index is 0.000962. The van der Waals surface area contributed by atoms with Gasteiger partial charge in [0.05, 0.1) is 30.4 Å². The van der Waals surface area contributed by atoms with Crippen LogP contribution in [0.2, 0.25) is 0 Å². The molecule has 4 aromatic carbocycles. The standard InChI is InChI=1S/C28H25N3O6/c1-3-36-27-15-19(17-29-30-28(32)24-16-22(31(33)34)12-14-25(24)35-2)11-13-26(27)37-18-21-9-6-8-20-7-4-5-10-23(20)21/h4-17H,3,18H2,1-2H3,(H,30,32)/b29-17-. The normalized spacial score (nSPS) is 10.9. The zero-order valence-electron chi connectivity index (χ0n) is 20.3. The van der Waals surface area contributed by atoms with Gasteiger partial charge < -0.3 is 14.2 Å². The molecule has 0 heterocycles. The predicted molar refractivity (Wildman–Crippen MR) is 141 cm³/mol. The van der Waals surface area contributed by atoms with E-state index in [-0.39, 0.29) is 17.0 Å². The molecule has 0 saturated carbocycles. The molecule has 4 rings (SSSR count). The van der Waals surface area contributed by atoms with Crippen molar-refractivity contribution in [2.45, 2.75) is 13.5 Å². The maximum absolute atomic E-state index is 12.6. The number of carbonyl (C=O) groups is 1. The molecule has 0 aliphatic carbocycles. The Bertz CT molecular complexity index is 1460. The number of hydrazone groups is 1. The van der Waals surface area contributed by atoms with E-state index in [0.717, 1.165) is 22.4 Å². The number of carbonyl (C=O) groups excluding carboxylic acids is 1. The quantitative estimate of drug-likeness (QED) is 0.175. The lowest BCUT2D eigenvalue weighted by molar-refractivity contribution is -0.384. The topological polar surface area (TPSA) is 112 Å². The Labute approximate surface area is 213 Å². The van der Waals surface area contributed by atoms with Gasteiger partial charge >= 0.3 is 0 Å². The molecule has 0 radical (unpaired) electrons. The lowest BCUT2D eigenvalue weighted by Crippen LogP contribution is -2.18. The van der Waals surface area contributed by atoms with E-state index in [4.69, 9.17) is 14.2 Å². The summed E-state index contributed by atoms with van der Waals surface area (Å²) in [6.45, 7) is 2.69. The third kappa shape index (κ3) is 6.02. The summed E-state index contributed by atoms with van der Waals surface area (Å²) >= 11 is 0. The Balaban J connectivity index is 1.47. The van der Waals surface area contributed by atoms with Crippen LogP contribution in [0.3, 0.4) is 0 Å². The summed E-state index contributed by atoms with van der Waals surface area (Å²) in [7, 11) is 1.38. The van der Waals surface area contributed by atoms with Crippen molar-refractivity contribution in [3.8, 4) is 17.2 Å². The Morgan fingerprint density at radius 2 is 1.76 bits per heavy atom. The molecule has 9 nitrogen and oxygen atoms in total. The summed E-state index contributed by atoms with van der Waals surface area (Å²) in [6.07, 6.45) is 1.44. The highest BCUT2D eigenvalue weighted by Crippen LogP contribution is 2.30. The average molecular weight is 500 g/mol. The fourth-order valence-corrected chi connectivity index (χ4v) is 3.78. The number of amides is 1. The van der Waals surface area contributed by atoms with Crippen molar-refractivity contribution in [2.24, 2.45) is 5.10 Å². The van der Waals surface area contributed by atoms with Gasteiger partial charge in [0.25, 0.3) is 11.6 Å². The van der Waals surface area contributed by atoms with Gasteiger partial charge in [-0.1, -0.05) is 42.5 Å². The highest BCUT2D eigenvalue weighted by atomic mass is 16.6. The largest absolute Gasteiger partial charge is 0.496 e. The third-order valence-electron chi connectivity index (χ3n) is 5.55. The number of nitrogens with one attached hydrogen (secondary N) is 1.